The average molecular weight is 268 g/mol. The molecule has 0 radical (unpaired) electrons. The van der Waals surface area contributed by atoms with Gasteiger partial charge in [0.05, 0.1) is 0 Å². The first-order chi connectivity index (χ1) is 9.74. The minimum absolute atomic E-state index is 0.146. The van der Waals surface area contributed by atoms with Crippen LogP contribution in [-0.4, -0.2) is 12.6 Å². The third-order valence-electron chi connectivity index (χ3n) is 3.57. The van der Waals surface area contributed by atoms with Crippen LogP contribution in [0.1, 0.15) is 24.0 Å². The van der Waals surface area contributed by atoms with Crippen molar-refractivity contribution in [1.29, 1.82) is 0 Å². The van der Waals surface area contributed by atoms with Crippen molar-refractivity contribution in [3.63, 3.8) is 0 Å². The highest BCUT2D eigenvalue weighted by Crippen LogP contribution is 2.35. The highest BCUT2D eigenvalue weighted by Gasteiger charge is 2.21. The van der Waals surface area contributed by atoms with E-state index in [2.05, 4.69) is 0 Å². The summed E-state index contributed by atoms with van der Waals surface area (Å²) in [5.41, 5.74) is 2.14. The van der Waals surface area contributed by atoms with Crippen LogP contribution < -0.4 is 9.47 Å². The molecule has 1 aliphatic heterocycles. The predicted molar refractivity (Wildman–Crippen MR) is 76.1 cm³/mol. The minimum atomic E-state index is -0.146. The van der Waals surface area contributed by atoms with Gasteiger partial charge in [0.1, 0.15) is 5.78 Å². The normalized spacial score (nSPS) is 14.1. The number of hydrogen-bond acceptors (Lipinski definition) is 3. The molecular weight excluding hydrogens is 252 g/mol. The van der Waals surface area contributed by atoms with Gasteiger partial charge in [0, 0.05) is 5.92 Å². The number of carbonyl (C=O) groups excluding carboxylic acids is 1. The highest BCUT2D eigenvalue weighted by molar-refractivity contribution is 5.84. The quantitative estimate of drug-likeness (QED) is 0.853. The minimum Gasteiger partial charge on any atom is -0.454 e. The molecule has 0 bridgehead atoms. The van der Waals surface area contributed by atoms with E-state index in [0.717, 1.165) is 22.6 Å². The lowest BCUT2D eigenvalue weighted by Gasteiger charge is -2.15. The van der Waals surface area contributed by atoms with E-state index >= 15 is 0 Å². The predicted octanol–water partition coefficient (Wildman–Crippen LogP) is 3.33. The van der Waals surface area contributed by atoms with Gasteiger partial charge in [0.15, 0.2) is 11.5 Å². The fourth-order valence-electron chi connectivity index (χ4n) is 2.48. The molecule has 0 spiro atoms. The fourth-order valence-corrected chi connectivity index (χ4v) is 2.48. The Kier molecular flexibility index (Phi) is 3.42. The maximum atomic E-state index is 12.0. The van der Waals surface area contributed by atoms with Crippen LogP contribution in [0.4, 0.5) is 0 Å². The zero-order chi connectivity index (χ0) is 13.9. The molecule has 3 heteroatoms. The van der Waals surface area contributed by atoms with E-state index in [4.69, 9.17) is 9.47 Å². The standard InChI is InChI=1S/C17H16O3/c1-12(18)15(9-13-5-3-2-4-6-13)14-7-8-16-17(10-14)20-11-19-16/h2-8,10,15H,9,11H2,1H3. The molecule has 102 valence electrons. The number of ether oxygens (including phenoxy) is 2. The summed E-state index contributed by atoms with van der Waals surface area (Å²) in [6, 6.07) is 15.8. The van der Waals surface area contributed by atoms with E-state index in [-0.39, 0.29) is 18.5 Å². The smallest absolute Gasteiger partial charge is 0.231 e. The van der Waals surface area contributed by atoms with Crippen molar-refractivity contribution in [2.75, 3.05) is 6.79 Å². The number of benzene rings is 2. The molecule has 0 aliphatic carbocycles. The molecule has 2 aromatic carbocycles. The van der Waals surface area contributed by atoms with Gasteiger partial charge in [-0.15, -0.1) is 0 Å². The van der Waals surface area contributed by atoms with E-state index in [1.165, 1.54) is 0 Å². The summed E-state index contributed by atoms with van der Waals surface area (Å²) in [7, 11) is 0. The van der Waals surface area contributed by atoms with Crippen LogP contribution in [0, 0.1) is 0 Å². The summed E-state index contributed by atoms with van der Waals surface area (Å²) in [5, 5.41) is 0. The van der Waals surface area contributed by atoms with Crippen LogP contribution in [0.25, 0.3) is 0 Å². The summed E-state index contributed by atoms with van der Waals surface area (Å²) in [5.74, 6) is 1.48. The van der Waals surface area contributed by atoms with Crippen molar-refractivity contribution in [3.8, 4) is 11.5 Å². The van der Waals surface area contributed by atoms with Crippen LogP contribution in [0.2, 0.25) is 0 Å². The molecular formula is C17H16O3. The molecule has 0 fully saturated rings. The van der Waals surface area contributed by atoms with Crippen molar-refractivity contribution in [2.45, 2.75) is 19.3 Å². The number of hydrogen-bond donors (Lipinski definition) is 0. The zero-order valence-corrected chi connectivity index (χ0v) is 11.3. The van der Waals surface area contributed by atoms with Crippen LogP contribution in [0.15, 0.2) is 48.5 Å². The molecule has 1 atom stereocenters. The second kappa shape index (κ2) is 5.37. The average Bonchev–Trinajstić information content (AvgIpc) is 2.93. The topological polar surface area (TPSA) is 35.5 Å². The lowest BCUT2D eigenvalue weighted by Crippen LogP contribution is -2.12. The van der Waals surface area contributed by atoms with Gasteiger partial charge in [-0.1, -0.05) is 36.4 Å². The van der Waals surface area contributed by atoms with Gasteiger partial charge >= 0.3 is 0 Å². The summed E-state index contributed by atoms with van der Waals surface area (Å²) < 4.78 is 10.7. The molecule has 0 amide bonds. The molecule has 2 aromatic rings. The first kappa shape index (κ1) is 12.7. The number of fused-ring (bicyclic) bond motifs is 1. The second-order valence-corrected chi connectivity index (χ2v) is 4.97. The summed E-state index contributed by atoms with van der Waals surface area (Å²) in [6.07, 6.45) is 0.704. The van der Waals surface area contributed by atoms with Crippen LogP contribution in [0.5, 0.6) is 11.5 Å². The number of rotatable bonds is 4. The van der Waals surface area contributed by atoms with E-state index < -0.39 is 0 Å². The van der Waals surface area contributed by atoms with Gasteiger partial charge in [-0.2, -0.15) is 0 Å². The van der Waals surface area contributed by atoms with Gasteiger partial charge < -0.3 is 9.47 Å². The number of ketones is 1. The summed E-state index contributed by atoms with van der Waals surface area (Å²) >= 11 is 0. The Hall–Kier alpha value is -2.29. The maximum absolute atomic E-state index is 12.0. The van der Waals surface area contributed by atoms with Crippen molar-refractivity contribution in [2.24, 2.45) is 0 Å². The van der Waals surface area contributed by atoms with Crippen molar-refractivity contribution >= 4 is 5.78 Å². The largest absolute Gasteiger partial charge is 0.454 e. The van der Waals surface area contributed by atoms with Gasteiger partial charge in [-0.25, -0.2) is 0 Å². The Morgan fingerprint density at radius 1 is 1.10 bits per heavy atom. The van der Waals surface area contributed by atoms with Gasteiger partial charge in [0.25, 0.3) is 0 Å². The monoisotopic (exact) mass is 268 g/mol. The first-order valence-electron chi connectivity index (χ1n) is 6.68. The number of carbonyl (C=O) groups is 1. The van der Waals surface area contributed by atoms with E-state index in [9.17, 15) is 4.79 Å². The Bertz CT molecular complexity index is 619. The molecule has 0 N–H and O–H groups in total. The lowest BCUT2D eigenvalue weighted by atomic mass is 9.89. The summed E-state index contributed by atoms with van der Waals surface area (Å²) in [4.78, 5) is 12.0. The van der Waals surface area contributed by atoms with Crippen molar-refractivity contribution < 1.29 is 14.3 Å². The fraction of sp³-hybridized carbons (Fsp3) is 0.235. The molecule has 1 unspecified atom stereocenters. The molecule has 0 saturated heterocycles. The third kappa shape index (κ3) is 2.52. The molecule has 0 saturated carbocycles. The van der Waals surface area contributed by atoms with Crippen LogP contribution in [0.3, 0.4) is 0 Å². The van der Waals surface area contributed by atoms with Crippen molar-refractivity contribution in [1.82, 2.24) is 0 Å². The zero-order valence-electron chi connectivity index (χ0n) is 11.3. The van der Waals surface area contributed by atoms with Crippen LogP contribution >= 0.6 is 0 Å². The SMILES string of the molecule is CC(=O)C(Cc1ccccc1)c1ccc2c(c1)OCO2. The molecule has 20 heavy (non-hydrogen) atoms. The molecule has 1 aliphatic rings. The maximum Gasteiger partial charge on any atom is 0.231 e. The number of Topliss-reactive ketones (excluding diaryl/α,β-unsaturated/α-hetero) is 1. The van der Waals surface area contributed by atoms with Crippen molar-refractivity contribution in [3.05, 3.63) is 59.7 Å². The van der Waals surface area contributed by atoms with E-state index in [0.29, 0.717) is 6.42 Å². The second-order valence-electron chi connectivity index (χ2n) is 4.97. The van der Waals surface area contributed by atoms with Gasteiger partial charge in [-0.05, 0) is 36.6 Å². The van der Waals surface area contributed by atoms with Gasteiger partial charge in [-0.3, -0.25) is 4.79 Å². The molecule has 0 aromatic heterocycles. The highest BCUT2D eigenvalue weighted by atomic mass is 16.7. The first-order valence-corrected chi connectivity index (χ1v) is 6.68. The lowest BCUT2D eigenvalue weighted by molar-refractivity contribution is -0.118. The summed E-state index contributed by atoms with van der Waals surface area (Å²) in [6.45, 7) is 1.89. The Balaban J connectivity index is 1.89. The Morgan fingerprint density at radius 3 is 2.60 bits per heavy atom. The van der Waals surface area contributed by atoms with E-state index in [1.807, 2.05) is 48.5 Å². The van der Waals surface area contributed by atoms with Crippen LogP contribution in [-0.2, 0) is 11.2 Å². The Morgan fingerprint density at radius 2 is 1.85 bits per heavy atom. The van der Waals surface area contributed by atoms with Gasteiger partial charge in [0.2, 0.25) is 6.79 Å². The molecule has 1 heterocycles. The molecule has 3 nitrogen and oxygen atoms in total. The van der Waals surface area contributed by atoms with E-state index in [1.54, 1.807) is 6.92 Å². The Labute approximate surface area is 118 Å². The molecule has 3 rings (SSSR count). The third-order valence-corrected chi connectivity index (χ3v) is 3.57.